The Labute approximate surface area is 185 Å². The molecule has 1 aromatic carbocycles. The van der Waals surface area contributed by atoms with Crippen LogP contribution in [0.4, 0.5) is 10.7 Å². The molecule has 1 fully saturated rings. The number of anilines is 2. The molecule has 1 amide bonds. The highest BCUT2D eigenvalue weighted by atomic mass is 32.2. The highest BCUT2D eigenvalue weighted by Gasteiger charge is 2.22. The number of hydrogen-bond donors (Lipinski definition) is 1. The maximum atomic E-state index is 12.2. The number of benzene rings is 1. The van der Waals surface area contributed by atoms with Crippen LogP contribution in [0.3, 0.4) is 0 Å². The fourth-order valence-corrected chi connectivity index (χ4v) is 4.54. The number of ether oxygens (including phenoxy) is 1. The number of nitrogens with zero attached hydrogens (tertiary/aromatic N) is 3. The van der Waals surface area contributed by atoms with Crippen LogP contribution in [0.25, 0.3) is 0 Å². The predicted molar refractivity (Wildman–Crippen MR) is 119 cm³/mol. The molecule has 2 aromatic heterocycles. The molecule has 1 saturated heterocycles. The molecule has 1 N–H and O–H groups in total. The van der Waals surface area contributed by atoms with E-state index in [1.807, 2.05) is 36.1 Å². The van der Waals surface area contributed by atoms with E-state index in [1.54, 1.807) is 6.07 Å². The molecule has 3 heterocycles. The molecule has 1 aliphatic heterocycles. The molecule has 31 heavy (non-hydrogen) atoms. The van der Waals surface area contributed by atoms with Crippen molar-refractivity contribution in [2.75, 3.05) is 18.1 Å². The van der Waals surface area contributed by atoms with Crippen molar-refractivity contribution < 1.29 is 17.9 Å². The largest absolute Gasteiger partial charge is 0.455 e. The molecule has 10 heteroatoms. The molecule has 8 nitrogen and oxygen atoms in total. The van der Waals surface area contributed by atoms with Gasteiger partial charge in [-0.2, -0.15) is 4.37 Å². The lowest BCUT2D eigenvalue weighted by Crippen LogP contribution is -2.24. The first-order chi connectivity index (χ1) is 14.8. The Bertz CT molecular complexity index is 1210. The van der Waals surface area contributed by atoms with Gasteiger partial charge in [0.2, 0.25) is 5.91 Å². The molecule has 3 aromatic rings. The van der Waals surface area contributed by atoms with Crippen molar-refractivity contribution in [2.45, 2.75) is 31.3 Å². The zero-order valence-corrected chi connectivity index (χ0v) is 18.8. The number of pyridine rings is 1. The highest BCUT2D eigenvalue weighted by Crippen LogP contribution is 2.32. The summed E-state index contributed by atoms with van der Waals surface area (Å²) in [4.78, 5) is 17.9. The van der Waals surface area contributed by atoms with Crippen molar-refractivity contribution in [1.29, 1.82) is 0 Å². The lowest BCUT2D eigenvalue weighted by atomic mass is 10.1. The Morgan fingerprint density at radius 3 is 2.68 bits per heavy atom. The number of likely N-dealkylation sites (tertiary alicyclic amines) is 1. The van der Waals surface area contributed by atoms with Gasteiger partial charge in [0.05, 0.1) is 11.9 Å². The first kappa shape index (κ1) is 21.3. The van der Waals surface area contributed by atoms with Gasteiger partial charge in [0.15, 0.2) is 14.9 Å². The molecule has 0 atom stereocenters. The summed E-state index contributed by atoms with van der Waals surface area (Å²) in [5.74, 6) is 1.13. The summed E-state index contributed by atoms with van der Waals surface area (Å²) in [5.41, 5.74) is 2.65. The summed E-state index contributed by atoms with van der Waals surface area (Å²) >= 11 is 1.38. The van der Waals surface area contributed by atoms with Crippen molar-refractivity contribution in [3.63, 3.8) is 0 Å². The van der Waals surface area contributed by atoms with E-state index in [1.165, 1.54) is 23.8 Å². The molecule has 0 saturated carbocycles. The second-order valence-electron chi connectivity index (χ2n) is 7.41. The van der Waals surface area contributed by atoms with E-state index in [9.17, 15) is 13.2 Å². The van der Waals surface area contributed by atoms with Crippen molar-refractivity contribution in [2.24, 2.45) is 0 Å². The number of rotatable bonds is 7. The summed E-state index contributed by atoms with van der Waals surface area (Å²) in [7, 11) is -3.38. The quantitative estimate of drug-likeness (QED) is 0.573. The number of carbonyl (C=O) groups excluding carboxylic acids is 1. The van der Waals surface area contributed by atoms with E-state index in [0.29, 0.717) is 31.0 Å². The smallest absolute Gasteiger partial charge is 0.222 e. The van der Waals surface area contributed by atoms with Crippen molar-refractivity contribution in [3.8, 4) is 11.5 Å². The van der Waals surface area contributed by atoms with Crippen LogP contribution < -0.4 is 10.1 Å². The zero-order chi connectivity index (χ0) is 22.0. The molecule has 162 valence electrons. The van der Waals surface area contributed by atoms with Gasteiger partial charge in [-0.3, -0.25) is 4.79 Å². The Hall–Kier alpha value is -2.98. The van der Waals surface area contributed by atoms with Crippen molar-refractivity contribution in [1.82, 2.24) is 14.3 Å². The molecular weight excluding hydrogens is 436 g/mol. The van der Waals surface area contributed by atoms with Gasteiger partial charge in [-0.25, -0.2) is 13.4 Å². The van der Waals surface area contributed by atoms with E-state index in [-0.39, 0.29) is 10.9 Å². The van der Waals surface area contributed by atoms with Gasteiger partial charge in [-0.05, 0) is 61.3 Å². The minimum absolute atomic E-state index is 0.0119. The highest BCUT2D eigenvalue weighted by molar-refractivity contribution is 7.90. The van der Waals surface area contributed by atoms with Crippen LogP contribution in [-0.4, -0.2) is 41.4 Å². The summed E-state index contributed by atoms with van der Waals surface area (Å²) in [6.45, 7) is 3.08. The van der Waals surface area contributed by atoms with Crippen molar-refractivity contribution >= 4 is 38.0 Å². The van der Waals surface area contributed by atoms with E-state index in [2.05, 4.69) is 14.7 Å². The fraction of sp³-hybridized carbons (Fsp3) is 0.286. The summed E-state index contributed by atoms with van der Waals surface area (Å²) in [5, 5.41) is 4.25. The van der Waals surface area contributed by atoms with E-state index < -0.39 is 9.84 Å². The van der Waals surface area contributed by atoms with Crippen LogP contribution in [0.1, 0.15) is 24.1 Å². The molecule has 0 unspecified atom stereocenters. The van der Waals surface area contributed by atoms with Gasteiger partial charge in [0.1, 0.15) is 16.5 Å². The van der Waals surface area contributed by atoms with E-state index in [4.69, 9.17) is 4.74 Å². The Morgan fingerprint density at radius 2 is 2.06 bits per heavy atom. The molecular formula is C21H22N4O4S2. The van der Waals surface area contributed by atoms with Crippen LogP contribution in [0.5, 0.6) is 11.5 Å². The normalized spacial score (nSPS) is 14.1. The van der Waals surface area contributed by atoms with Crippen LogP contribution in [0.15, 0.2) is 47.6 Å². The van der Waals surface area contributed by atoms with Crippen LogP contribution in [-0.2, 0) is 21.2 Å². The molecule has 0 spiro atoms. The monoisotopic (exact) mass is 458 g/mol. The number of sulfone groups is 1. The third-order valence-electron chi connectivity index (χ3n) is 4.81. The molecule has 0 aliphatic carbocycles. The summed E-state index contributed by atoms with van der Waals surface area (Å²) < 4.78 is 33.5. The minimum Gasteiger partial charge on any atom is -0.455 e. The lowest BCUT2D eigenvalue weighted by molar-refractivity contribution is -0.128. The number of aryl methyl sites for hydroxylation is 1. The van der Waals surface area contributed by atoms with Crippen LogP contribution >= 0.6 is 11.5 Å². The standard InChI is InChI=1S/C21H22N4O4S2/c1-14-10-19(30-24-14)23-16-5-7-18(15(11-16)13-25-9-3-4-21(25)26)29-17-6-8-20(22-12-17)31(2,27)28/h5-8,10-12,23H,3-4,9,13H2,1-2H3. The number of aromatic nitrogens is 2. The second kappa shape index (κ2) is 8.64. The Morgan fingerprint density at radius 1 is 1.23 bits per heavy atom. The topological polar surface area (TPSA) is 101 Å². The van der Waals surface area contributed by atoms with Gasteiger partial charge >= 0.3 is 0 Å². The van der Waals surface area contributed by atoms with Crippen LogP contribution in [0.2, 0.25) is 0 Å². The fourth-order valence-electron chi connectivity index (χ4n) is 3.30. The Kier molecular flexibility index (Phi) is 5.92. The van der Waals surface area contributed by atoms with Gasteiger partial charge in [-0.15, -0.1) is 0 Å². The van der Waals surface area contributed by atoms with Crippen LogP contribution in [0, 0.1) is 6.92 Å². The molecule has 1 aliphatic rings. The first-order valence-corrected chi connectivity index (χ1v) is 12.4. The molecule has 0 bridgehead atoms. The first-order valence-electron chi connectivity index (χ1n) is 9.73. The summed E-state index contributed by atoms with van der Waals surface area (Å²) in [6, 6.07) is 10.6. The predicted octanol–water partition coefficient (Wildman–Crippen LogP) is 3.91. The third kappa shape index (κ3) is 5.20. The zero-order valence-electron chi connectivity index (χ0n) is 17.2. The lowest BCUT2D eigenvalue weighted by Gasteiger charge is -2.19. The van der Waals surface area contributed by atoms with E-state index >= 15 is 0 Å². The maximum absolute atomic E-state index is 12.2. The van der Waals surface area contributed by atoms with Gasteiger partial charge in [0, 0.05) is 37.0 Å². The average Bonchev–Trinajstić information content (AvgIpc) is 3.31. The summed E-state index contributed by atoms with van der Waals surface area (Å²) in [6.07, 6.45) is 3.90. The van der Waals surface area contributed by atoms with Gasteiger partial charge < -0.3 is 15.0 Å². The minimum atomic E-state index is -3.38. The van der Waals surface area contributed by atoms with E-state index in [0.717, 1.165) is 34.6 Å². The number of carbonyl (C=O) groups is 1. The number of hydrogen-bond acceptors (Lipinski definition) is 8. The second-order valence-corrected chi connectivity index (χ2v) is 10.2. The molecule has 0 radical (unpaired) electrons. The average molecular weight is 459 g/mol. The molecule has 4 rings (SSSR count). The van der Waals surface area contributed by atoms with Gasteiger partial charge in [-0.1, -0.05) is 0 Å². The Balaban J connectivity index is 1.61. The number of nitrogens with one attached hydrogen (secondary N) is 1. The number of amides is 1. The van der Waals surface area contributed by atoms with Gasteiger partial charge in [0.25, 0.3) is 0 Å². The SMILES string of the molecule is Cc1cc(Nc2ccc(Oc3ccc(S(C)(=O)=O)nc3)c(CN3CCCC3=O)c2)sn1. The maximum Gasteiger partial charge on any atom is 0.222 e. The van der Waals surface area contributed by atoms with Crippen molar-refractivity contribution in [3.05, 3.63) is 53.9 Å². The third-order valence-corrected chi connectivity index (χ3v) is 6.60.